The smallest absolute Gasteiger partial charge is 0.362 e. The highest BCUT2D eigenvalue weighted by Gasteiger charge is 2.37. The quantitative estimate of drug-likeness (QED) is 0.282. The second kappa shape index (κ2) is 6.49. The number of nitrogens with two attached hydrogens (primary N) is 1. The van der Waals surface area contributed by atoms with Gasteiger partial charge < -0.3 is 15.7 Å². The van der Waals surface area contributed by atoms with E-state index in [-0.39, 0.29) is 16.9 Å². The molecule has 1 heterocycles. The van der Waals surface area contributed by atoms with E-state index >= 15 is 0 Å². The number of fused-ring (bicyclic) bond motifs is 1. The van der Waals surface area contributed by atoms with Crippen molar-refractivity contribution in [1.29, 1.82) is 0 Å². The van der Waals surface area contributed by atoms with Crippen molar-refractivity contribution in [3.8, 4) is 0 Å². The first-order valence-electron chi connectivity index (χ1n) is 7.21. The fourth-order valence-electron chi connectivity index (χ4n) is 2.33. The average molecular weight is 339 g/mol. The lowest BCUT2D eigenvalue weighted by atomic mass is 10.1. The van der Waals surface area contributed by atoms with Crippen LogP contribution in [0.1, 0.15) is 10.4 Å². The number of anilines is 2. The molecule has 9 nitrogen and oxygen atoms in total. The van der Waals surface area contributed by atoms with Crippen molar-refractivity contribution < 1.29 is 19.5 Å². The number of carbonyl (C=O) groups excluding carboxylic acids is 2. The van der Waals surface area contributed by atoms with Crippen LogP contribution in [-0.4, -0.2) is 34.0 Å². The number of hydrogen-bond donors (Lipinski definition) is 2. The highest BCUT2D eigenvalue weighted by Crippen LogP contribution is 2.32. The Labute approximate surface area is 141 Å². The predicted octanol–water partition coefficient (Wildman–Crippen LogP) is 1.88. The number of azo groups is 1. The summed E-state index contributed by atoms with van der Waals surface area (Å²) >= 11 is 0. The van der Waals surface area contributed by atoms with Crippen molar-refractivity contribution in [3.63, 3.8) is 0 Å². The molecule has 126 valence electrons. The van der Waals surface area contributed by atoms with E-state index in [1.54, 1.807) is 12.1 Å². The molecule has 1 aliphatic rings. The molecule has 0 aromatic heterocycles. The van der Waals surface area contributed by atoms with Crippen molar-refractivity contribution in [2.24, 2.45) is 10.2 Å². The zero-order chi connectivity index (χ0) is 18.0. The summed E-state index contributed by atoms with van der Waals surface area (Å²) in [4.78, 5) is 23.3. The van der Waals surface area contributed by atoms with Crippen molar-refractivity contribution in [3.05, 3.63) is 59.3 Å². The maximum atomic E-state index is 12.4. The molecule has 0 radical (unpaired) electrons. The lowest BCUT2D eigenvalue weighted by molar-refractivity contribution is -0.365. The van der Waals surface area contributed by atoms with Crippen molar-refractivity contribution in [1.82, 2.24) is 0 Å². The molecule has 2 aromatic rings. The number of amidine groups is 1. The molecule has 0 fully saturated rings. The second-order valence-corrected chi connectivity index (χ2v) is 5.19. The standard InChI is InChI=1S/C16H13N5O4/c17-11-7-5-10(6-8-11)16(23)19-18-15-14(9-22)20(24)12-3-1-2-4-13(12)21(15)25/h1-9,14,24H,17H2. The van der Waals surface area contributed by atoms with Gasteiger partial charge in [0.1, 0.15) is 5.69 Å². The number of rotatable bonds is 2. The number of aldehydes is 1. The van der Waals surface area contributed by atoms with Crippen LogP contribution in [0.4, 0.5) is 17.1 Å². The number of hydrogen-bond acceptors (Lipinski definition) is 7. The first-order chi connectivity index (χ1) is 12.0. The van der Waals surface area contributed by atoms with Crippen LogP contribution in [0.3, 0.4) is 0 Å². The summed E-state index contributed by atoms with van der Waals surface area (Å²) in [7, 11) is 0. The largest absolute Gasteiger partial charge is 0.710 e. The Morgan fingerprint density at radius 3 is 2.60 bits per heavy atom. The van der Waals surface area contributed by atoms with Crippen LogP contribution in [0, 0.1) is 5.21 Å². The van der Waals surface area contributed by atoms with Crippen LogP contribution >= 0.6 is 0 Å². The van der Waals surface area contributed by atoms with E-state index in [4.69, 9.17) is 5.73 Å². The Balaban J connectivity index is 1.98. The van der Waals surface area contributed by atoms with Crippen LogP contribution in [0.25, 0.3) is 0 Å². The summed E-state index contributed by atoms with van der Waals surface area (Å²) in [6, 6.07) is 10.7. The Morgan fingerprint density at radius 2 is 1.92 bits per heavy atom. The minimum atomic E-state index is -1.38. The second-order valence-electron chi connectivity index (χ2n) is 5.19. The Bertz CT molecular complexity index is 892. The fourth-order valence-corrected chi connectivity index (χ4v) is 2.33. The maximum Gasteiger partial charge on any atom is 0.362 e. The van der Waals surface area contributed by atoms with E-state index in [1.165, 1.54) is 36.4 Å². The minimum Gasteiger partial charge on any atom is -0.710 e. The molecule has 9 heteroatoms. The van der Waals surface area contributed by atoms with Crippen molar-refractivity contribution in [2.45, 2.75) is 6.04 Å². The molecule has 0 saturated heterocycles. The lowest BCUT2D eigenvalue weighted by Crippen LogP contribution is -2.45. The Hall–Kier alpha value is -3.59. The summed E-state index contributed by atoms with van der Waals surface area (Å²) in [6.07, 6.45) is 0.336. The minimum absolute atomic E-state index is 0.0805. The van der Waals surface area contributed by atoms with Gasteiger partial charge >= 0.3 is 11.7 Å². The van der Waals surface area contributed by atoms with E-state index in [1.807, 2.05) is 0 Å². The zero-order valence-electron chi connectivity index (χ0n) is 12.8. The predicted molar refractivity (Wildman–Crippen MR) is 88.9 cm³/mol. The molecular formula is C16H13N5O4. The molecule has 1 atom stereocenters. The third-order valence-corrected chi connectivity index (χ3v) is 3.61. The number of nitrogen functional groups attached to an aromatic ring is 1. The number of benzene rings is 2. The van der Waals surface area contributed by atoms with Gasteiger partial charge in [0.05, 0.1) is 5.11 Å². The molecular weight excluding hydrogens is 326 g/mol. The Kier molecular flexibility index (Phi) is 4.23. The van der Waals surface area contributed by atoms with Crippen LogP contribution in [0.15, 0.2) is 58.8 Å². The summed E-state index contributed by atoms with van der Waals surface area (Å²) in [5.74, 6) is -1.13. The van der Waals surface area contributed by atoms with Gasteiger partial charge in [-0.05, 0) is 36.4 Å². The first-order valence-corrected chi connectivity index (χ1v) is 7.21. The first kappa shape index (κ1) is 16.3. The highest BCUT2D eigenvalue weighted by molar-refractivity contribution is 6.03. The maximum absolute atomic E-state index is 12.4. The molecule has 0 spiro atoms. The molecule has 1 amide bonds. The van der Waals surface area contributed by atoms with E-state index in [0.717, 1.165) is 0 Å². The van der Waals surface area contributed by atoms with Gasteiger partial charge in [-0.25, -0.2) is 9.80 Å². The molecule has 0 aliphatic carbocycles. The third kappa shape index (κ3) is 2.95. The summed E-state index contributed by atoms with van der Waals surface area (Å²) in [5, 5.41) is 30.3. The Morgan fingerprint density at radius 1 is 1.24 bits per heavy atom. The zero-order valence-corrected chi connectivity index (χ0v) is 12.8. The molecule has 0 saturated carbocycles. The van der Waals surface area contributed by atoms with Gasteiger partial charge in [0, 0.05) is 16.4 Å². The lowest BCUT2D eigenvalue weighted by Gasteiger charge is -2.29. The average Bonchev–Trinajstić information content (AvgIpc) is 2.63. The van der Waals surface area contributed by atoms with E-state index in [0.29, 0.717) is 21.8 Å². The summed E-state index contributed by atoms with van der Waals surface area (Å²) in [6.45, 7) is 0. The van der Waals surface area contributed by atoms with Crippen molar-refractivity contribution in [2.75, 3.05) is 10.8 Å². The van der Waals surface area contributed by atoms with Crippen molar-refractivity contribution >= 4 is 35.1 Å². The number of hydroxylamine groups is 1. The van der Waals surface area contributed by atoms with Crippen LogP contribution in [0.5, 0.6) is 0 Å². The molecule has 1 unspecified atom stereocenters. The number of nitrogens with zero attached hydrogens (tertiary/aromatic N) is 4. The SMILES string of the molecule is Nc1ccc(C(=O)N=NC2=[N+]([O-])c3ccccc3N(O)C2C=O)cc1. The van der Waals surface area contributed by atoms with E-state index < -0.39 is 17.8 Å². The normalized spacial score (nSPS) is 16.8. The van der Waals surface area contributed by atoms with Gasteiger partial charge in [-0.2, -0.15) is 0 Å². The molecule has 3 rings (SSSR count). The number of para-hydroxylation sites is 2. The van der Waals surface area contributed by atoms with Gasteiger partial charge in [-0.3, -0.25) is 10.0 Å². The van der Waals surface area contributed by atoms with Crippen LogP contribution < -0.4 is 10.8 Å². The van der Waals surface area contributed by atoms with Gasteiger partial charge in [-0.1, -0.05) is 12.1 Å². The third-order valence-electron chi connectivity index (χ3n) is 3.61. The van der Waals surface area contributed by atoms with Gasteiger partial charge in [0.25, 0.3) is 0 Å². The van der Waals surface area contributed by atoms with Gasteiger partial charge in [-0.15, -0.1) is 0 Å². The summed E-state index contributed by atoms with van der Waals surface area (Å²) < 4.78 is 0.362. The van der Waals surface area contributed by atoms with E-state index in [2.05, 4.69) is 10.2 Å². The molecule has 25 heavy (non-hydrogen) atoms. The topological polar surface area (TPSA) is 134 Å². The molecule has 2 aromatic carbocycles. The number of amides is 1. The van der Waals surface area contributed by atoms with E-state index in [9.17, 15) is 20.0 Å². The summed E-state index contributed by atoms with van der Waals surface area (Å²) in [5.41, 5.74) is 6.47. The number of carbonyl (C=O) groups is 2. The highest BCUT2D eigenvalue weighted by atomic mass is 16.5. The van der Waals surface area contributed by atoms with Gasteiger partial charge in [0.15, 0.2) is 12.0 Å². The molecule has 3 N–H and O–H groups in total. The van der Waals surface area contributed by atoms with Crippen LogP contribution in [-0.2, 0) is 4.79 Å². The molecule has 1 aliphatic heterocycles. The molecule has 0 bridgehead atoms. The monoisotopic (exact) mass is 339 g/mol. The fraction of sp³-hybridized carbons (Fsp3) is 0.0625. The van der Waals surface area contributed by atoms with Gasteiger partial charge in [0.2, 0.25) is 6.04 Å². The van der Waals surface area contributed by atoms with Crippen LogP contribution in [0.2, 0.25) is 0 Å².